The molecule has 0 saturated heterocycles. The Morgan fingerprint density at radius 2 is 1.18 bits per heavy atom. The Balaban J connectivity index is 1.53. The SMILES string of the molecule is c1ccc(-n2c3ccccc3c3cc4sc5cc6c(cc5c4cc32)[nH]c2ccccc26)cc1. The van der Waals surface area contributed by atoms with Crippen LogP contribution in [-0.4, -0.2) is 9.55 Å². The van der Waals surface area contributed by atoms with Crippen molar-refractivity contribution in [2.45, 2.75) is 0 Å². The summed E-state index contributed by atoms with van der Waals surface area (Å²) < 4.78 is 5.07. The first-order valence-electron chi connectivity index (χ1n) is 11.2. The van der Waals surface area contributed by atoms with Gasteiger partial charge in [0.05, 0.1) is 11.0 Å². The van der Waals surface area contributed by atoms with Crippen LogP contribution in [0.15, 0.2) is 103 Å². The van der Waals surface area contributed by atoms with E-state index in [-0.39, 0.29) is 0 Å². The van der Waals surface area contributed by atoms with Gasteiger partial charge in [-0.3, -0.25) is 0 Å². The molecule has 3 aromatic heterocycles. The molecule has 0 unspecified atom stereocenters. The van der Waals surface area contributed by atoms with E-state index < -0.39 is 0 Å². The summed E-state index contributed by atoms with van der Waals surface area (Å²) in [7, 11) is 0. The lowest BCUT2D eigenvalue weighted by atomic mass is 10.1. The van der Waals surface area contributed by atoms with Gasteiger partial charge in [-0.15, -0.1) is 11.3 Å². The second-order valence-electron chi connectivity index (χ2n) is 8.72. The van der Waals surface area contributed by atoms with Gasteiger partial charge in [-0.2, -0.15) is 0 Å². The smallest absolute Gasteiger partial charge is 0.0548 e. The molecule has 5 aromatic carbocycles. The highest BCUT2D eigenvalue weighted by atomic mass is 32.1. The highest BCUT2D eigenvalue weighted by molar-refractivity contribution is 7.26. The third-order valence-electron chi connectivity index (χ3n) is 6.90. The van der Waals surface area contributed by atoms with Crippen LogP contribution in [-0.2, 0) is 0 Å². The molecule has 0 saturated carbocycles. The lowest BCUT2D eigenvalue weighted by Gasteiger charge is -2.07. The molecule has 33 heavy (non-hydrogen) atoms. The van der Waals surface area contributed by atoms with Crippen LogP contribution in [0.25, 0.3) is 69.5 Å². The van der Waals surface area contributed by atoms with Crippen molar-refractivity contribution >= 4 is 75.1 Å². The number of rotatable bonds is 1. The van der Waals surface area contributed by atoms with Crippen molar-refractivity contribution in [3.05, 3.63) is 103 Å². The van der Waals surface area contributed by atoms with Crippen LogP contribution in [0.5, 0.6) is 0 Å². The van der Waals surface area contributed by atoms with Crippen molar-refractivity contribution in [1.29, 1.82) is 0 Å². The number of benzene rings is 5. The maximum absolute atomic E-state index is 3.62. The molecule has 2 nitrogen and oxygen atoms in total. The van der Waals surface area contributed by atoms with E-state index in [0.29, 0.717) is 0 Å². The molecule has 0 fully saturated rings. The Bertz CT molecular complexity index is 2020. The second kappa shape index (κ2) is 6.25. The van der Waals surface area contributed by atoms with Gasteiger partial charge in [0.15, 0.2) is 0 Å². The van der Waals surface area contributed by atoms with Gasteiger partial charge in [0.25, 0.3) is 0 Å². The number of aromatic amines is 1. The standard InChI is InChI=1S/C30H18N2S/c1-2-8-18(9-3-1)32-27-13-7-5-11-20(27)22-17-30-24(15-28(22)32)23-14-26-21(16-29(23)33-30)19-10-4-6-12-25(19)31-26/h1-17,31H. The van der Waals surface area contributed by atoms with Crippen LogP contribution in [0.4, 0.5) is 0 Å². The van der Waals surface area contributed by atoms with Gasteiger partial charge in [0, 0.05) is 58.4 Å². The molecule has 0 amide bonds. The Morgan fingerprint density at radius 1 is 0.485 bits per heavy atom. The topological polar surface area (TPSA) is 20.7 Å². The molecule has 0 aliphatic heterocycles. The number of nitrogens with one attached hydrogen (secondary N) is 1. The molecule has 1 N–H and O–H groups in total. The summed E-state index contributed by atoms with van der Waals surface area (Å²) in [5.74, 6) is 0. The molecule has 0 radical (unpaired) electrons. The number of hydrogen-bond acceptors (Lipinski definition) is 1. The monoisotopic (exact) mass is 438 g/mol. The van der Waals surface area contributed by atoms with Crippen LogP contribution in [0.3, 0.4) is 0 Å². The predicted octanol–water partition coefficient (Wildman–Crippen LogP) is 8.79. The zero-order valence-corrected chi connectivity index (χ0v) is 18.5. The number of H-pyrrole nitrogens is 1. The van der Waals surface area contributed by atoms with Crippen LogP contribution < -0.4 is 0 Å². The zero-order chi connectivity index (χ0) is 21.5. The van der Waals surface area contributed by atoms with Crippen molar-refractivity contribution in [2.24, 2.45) is 0 Å². The minimum Gasteiger partial charge on any atom is -0.354 e. The summed E-state index contributed by atoms with van der Waals surface area (Å²) in [5, 5.41) is 7.84. The van der Waals surface area contributed by atoms with Crippen molar-refractivity contribution < 1.29 is 0 Å². The third-order valence-corrected chi connectivity index (χ3v) is 8.02. The van der Waals surface area contributed by atoms with Crippen LogP contribution in [0.1, 0.15) is 0 Å². The van der Waals surface area contributed by atoms with Gasteiger partial charge in [0.2, 0.25) is 0 Å². The minimum absolute atomic E-state index is 1.19. The maximum Gasteiger partial charge on any atom is 0.0548 e. The Kier molecular flexibility index (Phi) is 3.31. The van der Waals surface area contributed by atoms with Crippen LogP contribution >= 0.6 is 11.3 Å². The molecule has 8 rings (SSSR count). The first kappa shape index (κ1) is 17.5. The number of fused-ring (bicyclic) bond motifs is 9. The van der Waals surface area contributed by atoms with Crippen LogP contribution in [0, 0.1) is 0 Å². The summed E-state index contributed by atoms with van der Waals surface area (Å²) in [4.78, 5) is 3.62. The van der Waals surface area contributed by atoms with Gasteiger partial charge in [-0.1, -0.05) is 54.6 Å². The fourth-order valence-corrected chi connectivity index (χ4v) is 6.59. The molecule has 3 heteroatoms. The van der Waals surface area contributed by atoms with E-state index in [4.69, 9.17) is 0 Å². The number of nitrogens with zero attached hydrogens (tertiary/aromatic N) is 1. The van der Waals surface area contributed by atoms with Gasteiger partial charge < -0.3 is 9.55 Å². The summed E-state index contributed by atoms with van der Waals surface area (Å²) in [6.45, 7) is 0. The molecule has 0 atom stereocenters. The lowest BCUT2D eigenvalue weighted by molar-refractivity contribution is 1.18. The van der Waals surface area contributed by atoms with Gasteiger partial charge in [0.1, 0.15) is 0 Å². The highest BCUT2D eigenvalue weighted by Crippen LogP contribution is 2.42. The van der Waals surface area contributed by atoms with Gasteiger partial charge in [-0.05, 0) is 48.5 Å². The summed E-state index contributed by atoms with van der Waals surface area (Å²) >= 11 is 1.89. The Hall–Kier alpha value is -4.08. The largest absolute Gasteiger partial charge is 0.354 e. The number of aromatic nitrogens is 2. The first-order valence-corrected chi connectivity index (χ1v) is 12.0. The molecule has 0 aliphatic carbocycles. The molecule has 0 aliphatic rings. The van der Waals surface area contributed by atoms with E-state index in [1.807, 2.05) is 11.3 Å². The van der Waals surface area contributed by atoms with Crippen molar-refractivity contribution in [2.75, 3.05) is 0 Å². The quantitative estimate of drug-likeness (QED) is 0.264. The Morgan fingerprint density at radius 3 is 2.06 bits per heavy atom. The van der Waals surface area contributed by atoms with Crippen molar-refractivity contribution in [3.63, 3.8) is 0 Å². The van der Waals surface area contributed by atoms with Crippen molar-refractivity contribution in [1.82, 2.24) is 9.55 Å². The van der Waals surface area contributed by atoms with Gasteiger partial charge in [-0.25, -0.2) is 0 Å². The number of thiophene rings is 1. The molecule has 0 bridgehead atoms. The fraction of sp³-hybridized carbons (Fsp3) is 0. The van der Waals surface area contributed by atoms with Crippen molar-refractivity contribution in [3.8, 4) is 5.69 Å². The zero-order valence-electron chi connectivity index (χ0n) is 17.7. The average molecular weight is 439 g/mol. The molecule has 8 aromatic rings. The minimum atomic E-state index is 1.19. The Labute approximate surface area is 193 Å². The molecule has 3 heterocycles. The molecule has 154 valence electrons. The van der Waals surface area contributed by atoms with E-state index in [2.05, 4.69) is 113 Å². The predicted molar refractivity (Wildman–Crippen MR) is 143 cm³/mol. The first-order chi connectivity index (χ1) is 16.3. The van der Waals surface area contributed by atoms with E-state index in [1.165, 1.54) is 69.5 Å². The summed E-state index contributed by atoms with van der Waals surface area (Å²) in [6.07, 6.45) is 0. The highest BCUT2D eigenvalue weighted by Gasteiger charge is 2.16. The van der Waals surface area contributed by atoms with E-state index in [0.717, 1.165) is 0 Å². The second-order valence-corrected chi connectivity index (χ2v) is 9.80. The van der Waals surface area contributed by atoms with Gasteiger partial charge >= 0.3 is 0 Å². The lowest BCUT2D eigenvalue weighted by Crippen LogP contribution is -1.92. The normalized spacial score (nSPS) is 12.2. The average Bonchev–Trinajstić information content (AvgIpc) is 3.50. The third kappa shape index (κ3) is 2.32. The summed E-state index contributed by atoms with van der Waals surface area (Å²) in [5.41, 5.74) is 6.10. The molecular weight excluding hydrogens is 420 g/mol. The number of hydrogen-bond donors (Lipinski definition) is 1. The van der Waals surface area contributed by atoms with E-state index >= 15 is 0 Å². The van der Waals surface area contributed by atoms with E-state index in [9.17, 15) is 0 Å². The molecular formula is C30H18N2S. The fourth-order valence-electron chi connectivity index (χ4n) is 5.44. The van der Waals surface area contributed by atoms with E-state index in [1.54, 1.807) is 0 Å². The number of para-hydroxylation sites is 3. The summed E-state index contributed by atoms with van der Waals surface area (Å²) in [6, 6.07) is 37.5. The molecule has 0 spiro atoms. The maximum atomic E-state index is 3.62. The van der Waals surface area contributed by atoms with Crippen LogP contribution in [0.2, 0.25) is 0 Å².